The molecule has 0 spiro atoms. The van der Waals surface area contributed by atoms with Gasteiger partial charge in [0.2, 0.25) is 5.69 Å². The summed E-state index contributed by atoms with van der Waals surface area (Å²) < 4.78 is 1.28. The highest BCUT2D eigenvalue weighted by Crippen LogP contribution is 2.21. The van der Waals surface area contributed by atoms with Crippen LogP contribution in [0, 0.1) is 10.1 Å². The number of carbonyl (C=O) groups is 1. The zero-order valence-electron chi connectivity index (χ0n) is 14.1. The summed E-state index contributed by atoms with van der Waals surface area (Å²) in [7, 11) is 1.55. The highest BCUT2D eigenvalue weighted by Gasteiger charge is 2.32. The maximum atomic E-state index is 12.8. The van der Waals surface area contributed by atoms with E-state index in [-0.39, 0.29) is 23.3 Å². The van der Waals surface area contributed by atoms with Crippen molar-refractivity contribution < 1.29 is 9.72 Å². The molecule has 0 radical (unpaired) electrons. The number of rotatable bonds is 5. The van der Waals surface area contributed by atoms with Gasteiger partial charge in [0.1, 0.15) is 6.20 Å². The van der Waals surface area contributed by atoms with Crippen LogP contribution in [-0.4, -0.2) is 44.6 Å². The first-order valence-corrected chi connectivity index (χ1v) is 8.29. The SMILES string of the molecule is Cn1ncc([N+](=O)[O-])c1C(=O)N1CCC[C@@H](NCc2ccccc2)C1. The van der Waals surface area contributed by atoms with Crippen molar-refractivity contribution in [3.05, 3.63) is 57.9 Å². The molecule has 1 aromatic carbocycles. The summed E-state index contributed by atoms with van der Waals surface area (Å²) in [5.41, 5.74) is 0.980. The lowest BCUT2D eigenvalue weighted by molar-refractivity contribution is -0.385. The topological polar surface area (TPSA) is 93.3 Å². The van der Waals surface area contributed by atoms with E-state index in [1.54, 1.807) is 11.9 Å². The Bertz CT molecular complexity index is 759. The molecular weight excluding hydrogens is 322 g/mol. The lowest BCUT2D eigenvalue weighted by Gasteiger charge is -2.33. The molecule has 3 rings (SSSR count). The van der Waals surface area contributed by atoms with Crippen molar-refractivity contribution in [2.75, 3.05) is 13.1 Å². The molecule has 25 heavy (non-hydrogen) atoms. The fourth-order valence-electron chi connectivity index (χ4n) is 3.14. The Morgan fingerprint density at radius 3 is 2.88 bits per heavy atom. The summed E-state index contributed by atoms with van der Waals surface area (Å²) in [5.74, 6) is -0.335. The van der Waals surface area contributed by atoms with E-state index in [4.69, 9.17) is 0 Å². The van der Waals surface area contributed by atoms with Crippen LogP contribution >= 0.6 is 0 Å². The van der Waals surface area contributed by atoms with Gasteiger partial charge in [-0.25, -0.2) is 0 Å². The van der Waals surface area contributed by atoms with E-state index in [9.17, 15) is 14.9 Å². The molecule has 1 atom stereocenters. The number of hydrogen-bond acceptors (Lipinski definition) is 5. The Hall–Kier alpha value is -2.74. The van der Waals surface area contributed by atoms with Crippen molar-refractivity contribution in [1.82, 2.24) is 20.0 Å². The molecule has 0 bridgehead atoms. The van der Waals surface area contributed by atoms with Crippen molar-refractivity contribution >= 4 is 11.6 Å². The quantitative estimate of drug-likeness (QED) is 0.659. The van der Waals surface area contributed by atoms with E-state index < -0.39 is 4.92 Å². The third-order valence-electron chi connectivity index (χ3n) is 4.47. The fourth-order valence-corrected chi connectivity index (χ4v) is 3.14. The van der Waals surface area contributed by atoms with Crippen LogP contribution in [0.3, 0.4) is 0 Å². The second kappa shape index (κ2) is 7.43. The highest BCUT2D eigenvalue weighted by atomic mass is 16.6. The van der Waals surface area contributed by atoms with Gasteiger partial charge in [0.15, 0.2) is 0 Å². The zero-order chi connectivity index (χ0) is 17.8. The van der Waals surface area contributed by atoms with E-state index in [0.717, 1.165) is 25.6 Å². The summed E-state index contributed by atoms with van der Waals surface area (Å²) in [6.07, 6.45) is 2.97. The third kappa shape index (κ3) is 3.85. The first-order chi connectivity index (χ1) is 12.1. The molecule has 1 aromatic heterocycles. The van der Waals surface area contributed by atoms with E-state index in [0.29, 0.717) is 13.1 Å². The third-order valence-corrected chi connectivity index (χ3v) is 4.47. The smallest absolute Gasteiger partial charge is 0.320 e. The van der Waals surface area contributed by atoms with Gasteiger partial charge >= 0.3 is 5.69 Å². The zero-order valence-corrected chi connectivity index (χ0v) is 14.1. The molecule has 1 aliphatic rings. The largest absolute Gasteiger partial charge is 0.336 e. The van der Waals surface area contributed by atoms with Crippen LogP contribution in [0.2, 0.25) is 0 Å². The molecule has 2 heterocycles. The number of amides is 1. The molecular formula is C17H21N5O3. The average Bonchev–Trinajstić information content (AvgIpc) is 3.02. The Morgan fingerprint density at radius 2 is 2.16 bits per heavy atom. The van der Waals surface area contributed by atoms with Crippen LogP contribution in [0.15, 0.2) is 36.5 Å². The molecule has 2 aromatic rings. The number of carbonyl (C=O) groups excluding carboxylic acids is 1. The van der Waals surface area contributed by atoms with Crippen LogP contribution in [0.4, 0.5) is 5.69 Å². The van der Waals surface area contributed by atoms with Crippen LogP contribution in [0.5, 0.6) is 0 Å². The molecule has 0 aliphatic carbocycles. The number of benzene rings is 1. The lowest BCUT2D eigenvalue weighted by atomic mass is 10.0. The van der Waals surface area contributed by atoms with E-state index in [2.05, 4.69) is 22.5 Å². The van der Waals surface area contributed by atoms with Crippen LogP contribution in [0.25, 0.3) is 0 Å². The van der Waals surface area contributed by atoms with Gasteiger partial charge in [-0.1, -0.05) is 30.3 Å². The number of nitro groups is 1. The monoisotopic (exact) mass is 343 g/mol. The van der Waals surface area contributed by atoms with Crippen LogP contribution in [0.1, 0.15) is 28.9 Å². The summed E-state index contributed by atoms with van der Waals surface area (Å²) >= 11 is 0. The number of piperidine rings is 1. The minimum atomic E-state index is -0.560. The van der Waals surface area contributed by atoms with Crippen LogP contribution in [-0.2, 0) is 13.6 Å². The minimum Gasteiger partial charge on any atom is -0.336 e. The van der Waals surface area contributed by atoms with Crippen molar-refractivity contribution in [2.45, 2.75) is 25.4 Å². The lowest BCUT2D eigenvalue weighted by Crippen LogP contribution is -2.48. The molecule has 1 amide bonds. The van der Waals surface area contributed by atoms with Gasteiger partial charge in [-0.2, -0.15) is 5.10 Å². The number of hydrogen-bond donors (Lipinski definition) is 1. The first kappa shape index (κ1) is 17.1. The number of aromatic nitrogens is 2. The molecule has 1 fully saturated rings. The van der Waals surface area contributed by atoms with Gasteiger partial charge in [0, 0.05) is 32.7 Å². The number of likely N-dealkylation sites (tertiary alicyclic amines) is 1. The number of aryl methyl sites for hydroxylation is 1. The summed E-state index contributed by atoms with van der Waals surface area (Å²) in [6, 6.07) is 10.2. The molecule has 1 saturated heterocycles. The molecule has 8 heteroatoms. The van der Waals surface area contributed by atoms with Gasteiger partial charge in [-0.3, -0.25) is 19.6 Å². The molecule has 0 unspecified atom stereocenters. The Kier molecular flexibility index (Phi) is 5.08. The highest BCUT2D eigenvalue weighted by molar-refractivity contribution is 5.96. The van der Waals surface area contributed by atoms with Gasteiger partial charge < -0.3 is 10.2 Å². The fraction of sp³-hybridized carbons (Fsp3) is 0.412. The van der Waals surface area contributed by atoms with Gasteiger partial charge in [0.25, 0.3) is 5.91 Å². The summed E-state index contributed by atoms with van der Waals surface area (Å²) in [6.45, 7) is 1.87. The van der Waals surface area contributed by atoms with Crippen molar-refractivity contribution in [2.24, 2.45) is 7.05 Å². The molecule has 1 aliphatic heterocycles. The van der Waals surface area contributed by atoms with Gasteiger partial charge in [0.05, 0.1) is 4.92 Å². The van der Waals surface area contributed by atoms with Crippen LogP contribution < -0.4 is 5.32 Å². The Balaban J connectivity index is 1.66. The predicted molar refractivity (Wildman–Crippen MR) is 92.1 cm³/mol. The van der Waals surface area contributed by atoms with Crippen molar-refractivity contribution in [1.29, 1.82) is 0 Å². The number of nitrogens with one attached hydrogen (secondary N) is 1. The number of nitrogens with zero attached hydrogens (tertiary/aromatic N) is 4. The summed E-state index contributed by atoms with van der Waals surface area (Å²) in [5, 5.41) is 18.4. The average molecular weight is 343 g/mol. The standard InChI is InChI=1S/C17H21N5O3/c1-20-16(15(11-19-20)22(24)25)17(23)21-9-5-8-14(12-21)18-10-13-6-3-2-4-7-13/h2-4,6-7,11,14,18H,5,8-10,12H2,1H3/t14-/m1/s1. The molecule has 1 N–H and O–H groups in total. The van der Waals surface area contributed by atoms with E-state index in [1.165, 1.54) is 10.2 Å². The molecule has 132 valence electrons. The van der Waals surface area contributed by atoms with Gasteiger partial charge in [-0.05, 0) is 18.4 Å². The maximum Gasteiger partial charge on any atom is 0.320 e. The van der Waals surface area contributed by atoms with E-state index in [1.807, 2.05) is 18.2 Å². The minimum absolute atomic E-state index is 0.0358. The Morgan fingerprint density at radius 1 is 1.40 bits per heavy atom. The second-order valence-corrected chi connectivity index (χ2v) is 6.22. The predicted octanol–water partition coefficient (Wildman–Crippen LogP) is 1.72. The normalized spacial score (nSPS) is 17.5. The maximum absolute atomic E-state index is 12.8. The van der Waals surface area contributed by atoms with E-state index >= 15 is 0 Å². The Labute approximate surface area is 145 Å². The van der Waals surface area contributed by atoms with Gasteiger partial charge in [-0.15, -0.1) is 0 Å². The first-order valence-electron chi connectivity index (χ1n) is 8.29. The second-order valence-electron chi connectivity index (χ2n) is 6.22. The summed E-state index contributed by atoms with van der Waals surface area (Å²) in [4.78, 5) is 25.0. The molecule has 0 saturated carbocycles. The van der Waals surface area contributed by atoms with Crippen molar-refractivity contribution in [3.63, 3.8) is 0 Å². The van der Waals surface area contributed by atoms with Crippen molar-refractivity contribution in [3.8, 4) is 0 Å². The molecule has 8 nitrogen and oxygen atoms in total.